The first-order chi connectivity index (χ1) is 8.31. The Morgan fingerprint density at radius 3 is 3.06 bits per heavy atom. The Labute approximate surface area is 107 Å². The third-order valence-electron chi connectivity index (χ3n) is 2.40. The van der Waals surface area contributed by atoms with Crippen molar-refractivity contribution in [3.8, 4) is 0 Å². The Morgan fingerprint density at radius 2 is 2.29 bits per heavy atom. The SMILES string of the molecule is Nc1ccnc(CSc2nnc(C3CC3)s2)n1. The second-order valence-corrected chi connectivity index (χ2v) is 6.10. The van der Waals surface area contributed by atoms with Crippen molar-refractivity contribution in [3.05, 3.63) is 23.1 Å². The molecule has 2 heterocycles. The average Bonchev–Trinajstić information content (AvgIpc) is 3.07. The zero-order valence-corrected chi connectivity index (χ0v) is 10.7. The summed E-state index contributed by atoms with van der Waals surface area (Å²) in [4.78, 5) is 8.30. The summed E-state index contributed by atoms with van der Waals surface area (Å²) in [7, 11) is 0. The van der Waals surface area contributed by atoms with E-state index in [1.807, 2.05) is 0 Å². The van der Waals surface area contributed by atoms with Crippen LogP contribution in [-0.2, 0) is 5.75 Å². The first kappa shape index (κ1) is 10.9. The maximum Gasteiger partial charge on any atom is 0.174 e. The van der Waals surface area contributed by atoms with Crippen molar-refractivity contribution in [1.82, 2.24) is 20.2 Å². The first-order valence-corrected chi connectivity index (χ1v) is 7.15. The van der Waals surface area contributed by atoms with Crippen LogP contribution in [0.1, 0.15) is 29.6 Å². The predicted octanol–water partition coefficient (Wildman–Crippen LogP) is 2.08. The molecule has 5 nitrogen and oxygen atoms in total. The number of nitrogens with two attached hydrogens (primary N) is 1. The molecule has 1 saturated carbocycles. The molecule has 7 heteroatoms. The van der Waals surface area contributed by atoms with Crippen molar-refractivity contribution >= 4 is 28.9 Å². The number of rotatable bonds is 4. The van der Waals surface area contributed by atoms with Gasteiger partial charge < -0.3 is 5.73 Å². The highest BCUT2D eigenvalue weighted by Crippen LogP contribution is 2.42. The fraction of sp³-hybridized carbons (Fsp3) is 0.400. The van der Waals surface area contributed by atoms with E-state index in [4.69, 9.17) is 5.73 Å². The normalized spacial score (nSPS) is 15.1. The minimum Gasteiger partial charge on any atom is -0.384 e. The van der Waals surface area contributed by atoms with Crippen LogP contribution in [0.4, 0.5) is 5.82 Å². The largest absolute Gasteiger partial charge is 0.384 e. The average molecular weight is 265 g/mol. The van der Waals surface area contributed by atoms with Gasteiger partial charge in [-0.1, -0.05) is 23.1 Å². The summed E-state index contributed by atoms with van der Waals surface area (Å²) < 4.78 is 0.984. The van der Waals surface area contributed by atoms with E-state index in [9.17, 15) is 0 Å². The zero-order valence-electron chi connectivity index (χ0n) is 9.04. The Morgan fingerprint density at radius 1 is 1.41 bits per heavy atom. The molecule has 0 aromatic carbocycles. The zero-order chi connectivity index (χ0) is 11.7. The lowest BCUT2D eigenvalue weighted by Crippen LogP contribution is -1.96. The Bertz CT molecular complexity index is 523. The topological polar surface area (TPSA) is 77.6 Å². The van der Waals surface area contributed by atoms with Gasteiger partial charge in [0.05, 0.1) is 5.75 Å². The molecule has 2 N–H and O–H groups in total. The molecule has 0 atom stereocenters. The predicted molar refractivity (Wildman–Crippen MR) is 67.9 cm³/mol. The maximum atomic E-state index is 5.59. The van der Waals surface area contributed by atoms with Gasteiger partial charge in [0.1, 0.15) is 16.6 Å². The monoisotopic (exact) mass is 265 g/mol. The fourth-order valence-corrected chi connectivity index (χ4v) is 3.29. The molecule has 0 radical (unpaired) electrons. The molecular formula is C10H11N5S2. The van der Waals surface area contributed by atoms with Crippen LogP contribution in [0, 0.1) is 0 Å². The molecule has 0 bridgehead atoms. The highest BCUT2D eigenvalue weighted by atomic mass is 32.2. The van der Waals surface area contributed by atoms with Gasteiger partial charge in [-0.15, -0.1) is 10.2 Å². The van der Waals surface area contributed by atoms with E-state index < -0.39 is 0 Å². The molecule has 1 fully saturated rings. The van der Waals surface area contributed by atoms with Crippen LogP contribution in [0.15, 0.2) is 16.6 Å². The number of hydrogen-bond acceptors (Lipinski definition) is 7. The van der Waals surface area contributed by atoms with Crippen LogP contribution in [0.25, 0.3) is 0 Å². The fourth-order valence-electron chi connectivity index (χ4n) is 1.38. The summed E-state index contributed by atoms with van der Waals surface area (Å²) in [6.07, 6.45) is 4.20. The van der Waals surface area contributed by atoms with Crippen LogP contribution in [0.2, 0.25) is 0 Å². The van der Waals surface area contributed by atoms with Crippen molar-refractivity contribution in [2.75, 3.05) is 5.73 Å². The number of anilines is 1. The van der Waals surface area contributed by atoms with Gasteiger partial charge in [0, 0.05) is 12.1 Å². The Kier molecular flexibility index (Phi) is 2.94. The molecule has 0 unspecified atom stereocenters. The second kappa shape index (κ2) is 4.58. The maximum absolute atomic E-state index is 5.59. The molecular weight excluding hydrogens is 254 g/mol. The Balaban J connectivity index is 1.62. The van der Waals surface area contributed by atoms with E-state index in [-0.39, 0.29) is 0 Å². The van der Waals surface area contributed by atoms with Crippen LogP contribution in [0.5, 0.6) is 0 Å². The van der Waals surface area contributed by atoms with E-state index in [0.717, 1.165) is 10.2 Å². The van der Waals surface area contributed by atoms with Crippen LogP contribution < -0.4 is 5.73 Å². The third-order valence-corrected chi connectivity index (χ3v) is 4.62. The molecule has 1 aliphatic carbocycles. The van der Waals surface area contributed by atoms with Crippen molar-refractivity contribution in [3.63, 3.8) is 0 Å². The van der Waals surface area contributed by atoms with Crippen molar-refractivity contribution in [2.45, 2.75) is 28.9 Å². The molecule has 3 rings (SSSR count). The summed E-state index contributed by atoms with van der Waals surface area (Å²) in [5.41, 5.74) is 5.59. The van der Waals surface area contributed by atoms with E-state index >= 15 is 0 Å². The lowest BCUT2D eigenvalue weighted by molar-refractivity contribution is 0.936. The summed E-state index contributed by atoms with van der Waals surface area (Å²) >= 11 is 3.29. The Hall–Kier alpha value is -1.21. The number of nitrogen functional groups attached to an aromatic ring is 1. The van der Waals surface area contributed by atoms with Gasteiger partial charge in [-0.2, -0.15) is 0 Å². The van der Waals surface area contributed by atoms with E-state index in [1.165, 1.54) is 17.8 Å². The standard InChI is InChI=1S/C10H11N5S2/c11-7-3-4-12-8(13-7)5-16-10-15-14-9(17-10)6-1-2-6/h3-4,6H,1-2,5H2,(H2,11,12,13). The third kappa shape index (κ3) is 2.73. The number of nitrogens with zero attached hydrogens (tertiary/aromatic N) is 4. The highest BCUT2D eigenvalue weighted by molar-refractivity contribution is 8.00. The molecule has 0 aliphatic heterocycles. The van der Waals surface area contributed by atoms with Crippen molar-refractivity contribution in [1.29, 1.82) is 0 Å². The molecule has 88 valence electrons. The molecule has 0 spiro atoms. The van der Waals surface area contributed by atoms with Gasteiger partial charge in [-0.25, -0.2) is 9.97 Å². The summed E-state index contributed by atoms with van der Waals surface area (Å²) in [6.45, 7) is 0. The van der Waals surface area contributed by atoms with Gasteiger partial charge in [-0.05, 0) is 18.9 Å². The minimum atomic E-state index is 0.506. The number of hydrogen-bond donors (Lipinski definition) is 1. The highest BCUT2D eigenvalue weighted by Gasteiger charge is 2.27. The lowest BCUT2D eigenvalue weighted by atomic mass is 10.5. The molecule has 0 amide bonds. The van der Waals surface area contributed by atoms with Gasteiger partial charge >= 0.3 is 0 Å². The van der Waals surface area contributed by atoms with Gasteiger partial charge in [0.2, 0.25) is 0 Å². The van der Waals surface area contributed by atoms with Crippen molar-refractivity contribution in [2.24, 2.45) is 0 Å². The lowest BCUT2D eigenvalue weighted by Gasteiger charge is -1.97. The van der Waals surface area contributed by atoms with E-state index in [1.54, 1.807) is 35.4 Å². The first-order valence-electron chi connectivity index (χ1n) is 5.35. The van der Waals surface area contributed by atoms with Crippen LogP contribution in [-0.4, -0.2) is 20.2 Å². The van der Waals surface area contributed by atoms with E-state index in [2.05, 4.69) is 20.2 Å². The van der Waals surface area contributed by atoms with Gasteiger partial charge in [-0.3, -0.25) is 0 Å². The molecule has 1 aliphatic rings. The van der Waals surface area contributed by atoms with Crippen LogP contribution >= 0.6 is 23.1 Å². The number of thioether (sulfide) groups is 1. The van der Waals surface area contributed by atoms with Gasteiger partial charge in [0.15, 0.2) is 4.34 Å². The second-order valence-electron chi connectivity index (χ2n) is 3.87. The summed E-state index contributed by atoms with van der Waals surface area (Å²) in [6, 6.07) is 1.68. The smallest absolute Gasteiger partial charge is 0.174 e. The van der Waals surface area contributed by atoms with Crippen LogP contribution in [0.3, 0.4) is 0 Å². The quantitative estimate of drug-likeness (QED) is 0.853. The molecule has 0 saturated heterocycles. The minimum absolute atomic E-state index is 0.506. The summed E-state index contributed by atoms with van der Waals surface area (Å²) in [5.74, 6) is 2.60. The van der Waals surface area contributed by atoms with E-state index in [0.29, 0.717) is 17.5 Å². The molecule has 2 aromatic heterocycles. The van der Waals surface area contributed by atoms with Crippen molar-refractivity contribution < 1.29 is 0 Å². The van der Waals surface area contributed by atoms with Gasteiger partial charge in [0.25, 0.3) is 0 Å². The molecule has 2 aromatic rings. The molecule has 17 heavy (non-hydrogen) atoms. The summed E-state index contributed by atoms with van der Waals surface area (Å²) in [5, 5.41) is 9.52. The number of aromatic nitrogens is 4.